The molecule has 0 bridgehead atoms. The van der Waals surface area contributed by atoms with Gasteiger partial charge in [0.05, 0.1) is 4.92 Å². The van der Waals surface area contributed by atoms with E-state index in [1.165, 1.54) is 30.3 Å². The second-order valence-electron chi connectivity index (χ2n) is 7.39. The molecule has 4 aromatic carbocycles. The molecule has 0 saturated heterocycles. The number of carbonyl (C=O) groups excluding carboxylic acids is 1. The number of anilines is 1. The average Bonchev–Trinajstić information content (AvgIpc) is 2.86. The number of fused-ring (bicyclic) bond motifs is 1. The molecular weight excluding hydrogens is 430 g/mol. The molecule has 0 heterocycles. The molecule has 166 valence electrons. The number of carbonyl (C=O) groups is 1. The van der Waals surface area contributed by atoms with Gasteiger partial charge in [0.1, 0.15) is 24.0 Å². The van der Waals surface area contributed by atoms with E-state index >= 15 is 0 Å². The summed E-state index contributed by atoms with van der Waals surface area (Å²) in [5.41, 5.74) is 1.73. The molecule has 1 amide bonds. The fraction of sp³-hybridized carbons (Fsp3) is 0.0370. The van der Waals surface area contributed by atoms with Crippen molar-refractivity contribution in [2.75, 3.05) is 5.32 Å². The maximum Gasteiger partial charge on any atom is 0.269 e. The minimum Gasteiger partial charge on any atom is -0.488 e. The van der Waals surface area contributed by atoms with Crippen molar-refractivity contribution in [3.05, 3.63) is 118 Å². The van der Waals surface area contributed by atoms with Crippen LogP contribution in [0.15, 0.2) is 96.6 Å². The Balaban J connectivity index is 1.53. The fourth-order valence-electron chi connectivity index (χ4n) is 3.47. The molecule has 0 spiro atoms. The maximum atomic E-state index is 12.6. The summed E-state index contributed by atoms with van der Waals surface area (Å²) in [5.74, 6) is -0.0912. The Kier molecular flexibility index (Phi) is 6.61. The van der Waals surface area contributed by atoms with E-state index in [0.29, 0.717) is 23.6 Å². The van der Waals surface area contributed by atoms with Gasteiger partial charge in [-0.05, 0) is 40.6 Å². The summed E-state index contributed by atoms with van der Waals surface area (Å²) >= 11 is 0. The number of para-hydroxylation sites is 1. The number of amides is 1. The lowest BCUT2D eigenvalue weighted by molar-refractivity contribution is -0.384. The third-order valence-electron chi connectivity index (χ3n) is 5.18. The van der Waals surface area contributed by atoms with E-state index in [1.807, 2.05) is 54.6 Å². The van der Waals surface area contributed by atoms with Crippen LogP contribution >= 0.6 is 0 Å². The molecule has 0 aromatic heterocycles. The molecular formula is C27H19N3O4. The Labute approximate surface area is 195 Å². The summed E-state index contributed by atoms with van der Waals surface area (Å²) in [7, 11) is 0. The van der Waals surface area contributed by atoms with Crippen LogP contribution in [0.2, 0.25) is 0 Å². The number of ether oxygens (including phenoxy) is 1. The van der Waals surface area contributed by atoms with Crippen molar-refractivity contribution in [1.82, 2.24) is 0 Å². The van der Waals surface area contributed by atoms with Crippen LogP contribution in [0.4, 0.5) is 11.4 Å². The normalized spacial score (nSPS) is 11.0. The highest BCUT2D eigenvalue weighted by molar-refractivity contribution is 6.09. The van der Waals surface area contributed by atoms with Crippen LogP contribution < -0.4 is 10.1 Å². The number of hydrogen-bond acceptors (Lipinski definition) is 5. The Morgan fingerprint density at radius 1 is 0.971 bits per heavy atom. The van der Waals surface area contributed by atoms with Crippen molar-refractivity contribution >= 4 is 34.1 Å². The molecule has 4 rings (SSSR count). The summed E-state index contributed by atoms with van der Waals surface area (Å²) in [6.45, 7) is 0.323. The Hall–Kier alpha value is -4.96. The SMILES string of the molecule is N#C/C(=C/c1ccccc1OCc1cccc2ccccc12)C(=O)Nc1ccc([N+](=O)[O-])cc1. The standard InChI is InChI=1S/C27H19N3O4/c28-17-22(27(31)29-23-12-14-24(15-13-23)30(32)33)16-20-7-2-4-11-26(20)34-18-21-9-5-8-19-6-1-3-10-25(19)21/h1-16H,18H2,(H,29,31)/b22-16-. The number of rotatable bonds is 7. The zero-order valence-electron chi connectivity index (χ0n) is 18.0. The average molecular weight is 449 g/mol. The quantitative estimate of drug-likeness (QED) is 0.164. The van der Waals surface area contributed by atoms with E-state index in [0.717, 1.165) is 16.3 Å². The molecule has 0 fully saturated rings. The molecule has 0 saturated carbocycles. The van der Waals surface area contributed by atoms with E-state index in [4.69, 9.17) is 4.74 Å². The van der Waals surface area contributed by atoms with Crippen LogP contribution in [-0.4, -0.2) is 10.8 Å². The van der Waals surface area contributed by atoms with Crippen molar-refractivity contribution in [2.45, 2.75) is 6.61 Å². The zero-order chi connectivity index (χ0) is 23.9. The van der Waals surface area contributed by atoms with Crippen LogP contribution in [0, 0.1) is 21.4 Å². The van der Waals surface area contributed by atoms with E-state index < -0.39 is 10.8 Å². The van der Waals surface area contributed by atoms with Crippen LogP contribution in [0.1, 0.15) is 11.1 Å². The number of non-ortho nitro benzene ring substituents is 1. The smallest absolute Gasteiger partial charge is 0.269 e. The van der Waals surface area contributed by atoms with Crippen LogP contribution in [0.5, 0.6) is 5.75 Å². The van der Waals surface area contributed by atoms with Crippen LogP contribution in [0.3, 0.4) is 0 Å². The first-order chi connectivity index (χ1) is 16.5. The van der Waals surface area contributed by atoms with Gasteiger partial charge in [0.15, 0.2) is 0 Å². The Morgan fingerprint density at radius 2 is 1.68 bits per heavy atom. The molecule has 0 aliphatic rings. The molecule has 1 N–H and O–H groups in total. The zero-order valence-corrected chi connectivity index (χ0v) is 18.0. The van der Waals surface area contributed by atoms with Crippen molar-refractivity contribution in [2.24, 2.45) is 0 Å². The predicted octanol–water partition coefficient (Wildman–Crippen LogP) is 5.87. The molecule has 0 atom stereocenters. The molecule has 0 unspecified atom stereocenters. The second-order valence-corrected chi connectivity index (χ2v) is 7.39. The van der Waals surface area contributed by atoms with Gasteiger partial charge in [0.25, 0.3) is 11.6 Å². The topological polar surface area (TPSA) is 105 Å². The molecule has 7 heteroatoms. The van der Waals surface area contributed by atoms with Gasteiger partial charge in [-0.2, -0.15) is 5.26 Å². The third-order valence-corrected chi connectivity index (χ3v) is 5.18. The van der Waals surface area contributed by atoms with E-state index in [-0.39, 0.29) is 11.3 Å². The first kappa shape index (κ1) is 22.2. The summed E-state index contributed by atoms with van der Waals surface area (Å²) in [4.78, 5) is 22.9. The van der Waals surface area contributed by atoms with E-state index in [2.05, 4.69) is 5.32 Å². The van der Waals surface area contributed by atoms with Gasteiger partial charge >= 0.3 is 0 Å². The van der Waals surface area contributed by atoms with Crippen molar-refractivity contribution < 1.29 is 14.5 Å². The minimum absolute atomic E-state index is 0.0914. The van der Waals surface area contributed by atoms with Gasteiger partial charge in [-0.1, -0.05) is 60.7 Å². The monoisotopic (exact) mass is 449 g/mol. The number of nitro groups is 1. The van der Waals surface area contributed by atoms with Crippen molar-refractivity contribution in [3.8, 4) is 11.8 Å². The van der Waals surface area contributed by atoms with Gasteiger partial charge in [0.2, 0.25) is 0 Å². The lowest BCUT2D eigenvalue weighted by atomic mass is 10.1. The molecule has 0 aliphatic heterocycles. The van der Waals surface area contributed by atoms with Gasteiger partial charge in [-0.25, -0.2) is 0 Å². The summed E-state index contributed by atoms with van der Waals surface area (Å²) in [6.07, 6.45) is 1.46. The Bertz CT molecular complexity index is 1430. The van der Waals surface area contributed by atoms with E-state index in [1.54, 1.807) is 18.2 Å². The summed E-state index contributed by atoms with van der Waals surface area (Å²) < 4.78 is 6.06. The molecule has 0 aliphatic carbocycles. The van der Waals surface area contributed by atoms with Gasteiger partial charge < -0.3 is 10.1 Å². The molecule has 4 aromatic rings. The van der Waals surface area contributed by atoms with Crippen molar-refractivity contribution in [1.29, 1.82) is 5.26 Å². The lowest BCUT2D eigenvalue weighted by Crippen LogP contribution is -2.13. The molecule has 0 radical (unpaired) electrons. The predicted molar refractivity (Wildman–Crippen MR) is 130 cm³/mol. The number of nitro benzene ring substituents is 1. The first-order valence-corrected chi connectivity index (χ1v) is 10.4. The maximum absolute atomic E-state index is 12.6. The summed E-state index contributed by atoms with van der Waals surface area (Å²) in [5, 5.41) is 25.1. The summed E-state index contributed by atoms with van der Waals surface area (Å²) in [6, 6.07) is 28.5. The van der Waals surface area contributed by atoms with Crippen LogP contribution in [-0.2, 0) is 11.4 Å². The highest BCUT2D eigenvalue weighted by Gasteiger charge is 2.13. The number of hydrogen-bond donors (Lipinski definition) is 1. The van der Waals surface area contributed by atoms with Crippen molar-refractivity contribution in [3.63, 3.8) is 0 Å². The second kappa shape index (κ2) is 10.1. The van der Waals surface area contributed by atoms with Crippen LogP contribution in [0.25, 0.3) is 16.8 Å². The number of nitrogens with zero attached hydrogens (tertiary/aromatic N) is 2. The Morgan fingerprint density at radius 3 is 2.44 bits per heavy atom. The molecule has 7 nitrogen and oxygen atoms in total. The highest BCUT2D eigenvalue weighted by Crippen LogP contribution is 2.25. The largest absolute Gasteiger partial charge is 0.488 e. The third kappa shape index (κ3) is 5.09. The van der Waals surface area contributed by atoms with Gasteiger partial charge in [-0.3, -0.25) is 14.9 Å². The fourth-order valence-corrected chi connectivity index (χ4v) is 3.47. The van der Waals surface area contributed by atoms with E-state index in [9.17, 15) is 20.2 Å². The molecule has 34 heavy (non-hydrogen) atoms. The number of nitrogens with one attached hydrogen (secondary N) is 1. The van der Waals surface area contributed by atoms with Gasteiger partial charge in [0, 0.05) is 23.4 Å². The minimum atomic E-state index is -0.625. The highest BCUT2D eigenvalue weighted by atomic mass is 16.6. The number of nitriles is 1. The number of benzene rings is 4. The van der Waals surface area contributed by atoms with Gasteiger partial charge in [-0.15, -0.1) is 0 Å². The lowest BCUT2D eigenvalue weighted by Gasteiger charge is -2.12. The first-order valence-electron chi connectivity index (χ1n) is 10.4.